The lowest BCUT2D eigenvalue weighted by atomic mass is 9.97. The monoisotopic (exact) mass is 395 g/mol. The molecule has 2 aromatic rings. The van der Waals surface area contributed by atoms with Gasteiger partial charge in [-0.05, 0) is 71.3 Å². The summed E-state index contributed by atoms with van der Waals surface area (Å²) in [5.74, 6) is 0.941. The van der Waals surface area contributed by atoms with Crippen molar-refractivity contribution in [2.45, 2.75) is 26.3 Å². The Hall–Kier alpha value is -1.07. The molecule has 21 heavy (non-hydrogen) atoms. The van der Waals surface area contributed by atoms with Gasteiger partial charge in [0, 0.05) is 3.57 Å². The predicted octanol–water partition coefficient (Wildman–Crippen LogP) is 4.70. The van der Waals surface area contributed by atoms with Crippen LogP contribution in [-0.4, -0.2) is 13.7 Å². The van der Waals surface area contributed by atoms with Gasteiger partial charge in [-0.1, -0.05) is 37.3 Å². The Bertz CT molecular complexity index is 598. The average molecular weight is 395 g/mol. The largest absolute Gasteiger partial charge is 0.496 e. The fraction of sp³-hybridized carbons (Fsp3) is 0.333. The molecule has 0 fully saturated rings. The van der Waals surface area contributed by atoms with E-state index in [2.05, 4.69) is 84.2 Å². The van der Waals surface area contributed by atoms with Crippen molar-refractivity contribution in [1.82, 2.24) is 5.32 Å². The molecule has 2 nitrogen and oxygen atoms in total. The Kier molecular flexibility index (Phi) is 6.06. The summed E-state index contributed by atoms with van der Waals surface area (Å²) in [6, 6.07) is 15.2. The average Bonchev–Trinajstić information content (AvgIpc) is 2.49. The summed E-state index contributed by atoms with van der Waals surface area (Å²) in [5, 5.41) is 3.66. The molecule has 1 N–H and O–H groups in total. The fourth-order valence-corrected chi connectivity index (χ4v) is 3.19. The van der Waals surface area contributed by atoms with Crippen LogP contribution >= 0.6 is 22.6 Å². The molecule has 0 saturated carbocycles. The predicted molar refractivity (Wildman–Crippen MR) is 97.0 cm³/mol. The van der Waals surface area contributed by atoms with Crippen molar-refractivity contribution in [2.24, 2.45) is 0 Å². The molecule has 3 heteroatoms. The minimum atomic E-state index is 0.225. The molecule has 0 bridgehead atoms. The third-order valence-electron chi connectivity index (χ3n) is 3.57. The molecule has 0 aromatic heterocycles. The maximum Gasteiger partial charge on any atom is 0.121 e. The van der Waals surface area contributed by atoms with E-state index in [1.54, 1.807) is 7.11 Å². The van der Waals surface area contributed by atoms with Crippen molar-refractivity contribution >= 4 is 22.6 Å². The second-order valence-electron chi connectivity index (χ2n) is 5.14. The number of hydrogen-bond donors (Lipinski definition) is 1. The van der Waals surface area contributed by atoms with Gasteiger partial charge in [0.2, 0.25) is 0 Å². The lowest BCUT2D eigenvalue weighted by molar-refractivity contribution is 0.411. The van der Waals surface area contributed by atoms with Gasteiger partial charge in [0.05, 0.1) is 13.2 Å². The molecule has 0 saturated heterocycles. The van der Waals surface area contributed by atoms with Crippen LogP contribution in [0.15, 0.2) is 42.5 Å². The SMILES string of the molecule is CCCNC(c1ccc(OC)c(C)c1)c1ccccc1I. The van der Waals surface area contributed by atoms with Crippen molar-refractivity contribution < 1.29 is 4.74 Å². The number of benzene rings is 2. The first-order valence-electron chi connectivity index (χ1n) is 7.29. The summed E-state index contributed by atoms with van der Waals surface area (Å²) in [6.45, 7) is 5.29. The highest BCUT2D eigenvalue weighted by Crippen LogP contribution is 2.29. The van der Waals surface area contributed by atoms with E-state index in [0.717, 1.165) is 18.7 Å². The normalized spacial score (nSPS) is 12.2. The van der Waals surface area contributed by atoms with Gasteiger partial charge in [-0.15, -0.1) is 0 Å². The second kappa shape index (κ2) is 7.80. The van der Waals surface area contributed by atoms with Crippen LogP contribution in [0.3, 0.4) is 0 Å². The molecule has 0 aliphatic carbocycles. The Morgan fingerprint density at radius 2 is 1.95 bits per heavy atom. The van der Waals surface area contributed by atoms with Crippen LogP contribution in [-0.2, 0) is 0 Å². The third-order valence-corrected chi connectivity index (χ3v) is 4.55. The third kappa shape index (κ3) is 3.98. The van der Waals surface area contributed by atoms with E-state index in [1.165, 1.54) is 20.3 Å². The van der Waals surface area contributed by atoms with Crippen molar-refractivity contribution in [3.8, 4) is 5.75 Å². The number of halogens is 1. The first-order valence-corrected chi connectivity index (χ1v) is 8.37. The Morgan fingerprint density at radius 1 is 1.19 bits per heavy atom. The number of aryl methyl sites for hydroxylation is 1. The highest BCUT2D eigenvalue weighted by molar-refractivity contribution is 14.1. The summed E-state index contributed by atoms with van der Waals surface area (Å²) in [6.07, 6.45) is 1.12. The minimum Gasteiger partial charge on any atom is -0.496 e. The van der Waals surface area contributed by atoms with Crippen molar-refractivity contribution in [3.63, 3.8) is 0 Å². The summed E-state index contributed by atoms with van der Waals surface area (Å²) in [5.41, 5.74) is 3.78. The lowest BCUT2D eigenvalue weighted by Crippen LogP contribution is -2.24. The molecule has 0 amide bonds. The smallest absolute Gasteiger partial charge is 0.121 e. The Balaban J connectivity index is 2.40. The van der Waals surface area contributed by atoms with Gasteiger partial charge in [0.1, 0.15) is 5.75 Å². The zero-order valence-electron chi connectivity index (χ0n) is 12.8. The van der Waals surface area contributed by atoms with Gasteiger partial charge in [-0.2, -0.15) is 0 Å². The van der Waals surface area contributed by atoms with Gasteiger partial charge in [-0.25, -0.2) is 0 Å². The molecule has 0 radical (unpaired) electrons. The second-order valence-corrected chi connectivity index (χ2v) is 6.30. The van der Waals surface area contributed by atoms with Crippen molar-refractivity contribution in [1.29, 1.82) is 0 Å². The zero-order chi connectivity index (χ0) is 15.2. The molecule has 0 spiro atoms. The van der Waals surface area contributed by atoms with Gasteiger partial charge in [0.25, 0.3) is 0 Å². The van der Waals surface area contributed by atoms with E-state index in [1.807, 2.05) is 0 Å². The topological polar surface area (TPSA) is 21.3 Å². The summed E-state index contributed by atoms with van der Waals surface area (Å²) >= 11 is 2.41. The maximum absolute atomic E-state index is 5.37. The van der Waals surface area contributed by atoms with Crippen LogP contribution in [0, 0.1) is 10.5 Å². The van der Waals surface area contributed by atoms with E-state index < -0.39 is 0 Å². The number of hydrogen-bond acceptors (Lipinski definition) is 2. The highest BCUT2D eigenvalue weighted by Gasteiger charge is 2.16. The van der Waals surface area contributed by atoms with Gasteiger partial charge in [0.15, 0.2) is 0 Å². The molecule has 2 aromatic carbocycles. The highest BCUT2D eigenvalue weighted by atomic mass is 127. The number of nitrogens with one attached hydrogen (secondary N) is 1. The Labute approximate surface area is 141 Å². The maximum atomic E-state index is 5.37. The van der Waals surface area contributed by atoms with E-state index in [4.69, 9.17) is 4.74 Å². The summed E-state index contributed by atoms with van der Waals surface area (Å²) < 4.78 is 6.66. The summed E-state index contributed by atoms with van der Waals surface area (Å²) in [7, 11) is 1.72. The molecule has 1 atom stereocenters. The van der Waals surface area contributed by atoms with Gasteiger partial charge >= 0.3 is 0 Å². The van der Waals surface area contributed by atoms with Crippen molar-refractivity contribution in [3.05, 3.63) is 62.7 Å². The molecular weight excluding hydrogens is 373 g/mol. The quantitative estimate of drug-likeness (QED) is 0.717. The zero-order valence-corrected chi connectivity index (χ0v) is 15.0. The van der Waals surface area contributed by atoms with E-state index in [0.29, 0.717) is 0 Å². The number of rotatable bonds is 6. The minimum absolute atomic E-state index is 0.225. The lowest BCUT2D eigenvalue weighted by Gasteiger charge is -2.22. The standard InChI is InChI=1S/C18H22INO/c1-4-11-20-18(15-7-5-6-8-16(15)19)14-9-10-17(21-3)13(2)12-14/h5-10,12,18,20H,4,11H2,1-3H3. The first kappa shape index (κ1) is 16.3. The van der Waals surface area contributed by atoms with Crippen LogP contribution < -0.4 is 10.1 Å². The van der Waals surface area contributed by atoms with E-state index in [-0.39, 0.29) is 6.04 Å². The number of ether oxygens (including phenoxy) is 1. The van der Waals surface area contributed by atoms with Crippen LogP contribution in [0.5, 0.6) is 5.75 Å². The molecule has 0 aliphatic rings. The van der Waals surface area contributed by atoms with Crippen LogP contribution in [0.1, 0.15) is 36.1 Å². The van der Waals surface area contributed by atoms with Crippen LogP contribution in [0.25, 0.3) is 0 Å². The fourth-order valence-electron chi connectivity index (χ4n) is 2.49. The molecule has 0 heterocycles. The van der Waals surface area contributed by atoms with Crippen LogP contribution in [0.4, 0.5) is 0 Å². The summed E-state index contributed by atoms with van der Waals surface area (Å²) in [4.78, 5) is 0. The molecule has 1 unspecified atom stereocenters. The Morgan fingerprint density at radius 3 is 2.57 bits per heavy atom. The molecule has 112 valence electrons. The molecule has 0 aliphatic heterocycles. The van der Waals surface area contributed by atoms with Crippen LogP contribution in [0.2, 0.25) is 0 Å². The van der Waals surface area contributed by atoms with Gasteiger partial charge in [-0.3, -0.25) is 0 Å². The van der Waals surface area contributed by atoms with E-state index >= 15 is 0 Å². The first-order chi connectivity index (χ1) is 10.2. The van der Waals surface area contributed by atoms with Crippen molar-refractivity contribution in [2.75, 3.05) is 13.7 Å². The molecular formula is C18H22INO. The van der Waals surface area contributed by atoms with E-state index in [9.17, 15) is 0 Å². The molecule has 2 rings (SSSR count). The van der Waals surface area contributed by atoms with Gasteiger partial charge < -0.3 is 10.1 Å². The number of methoxy groups -OCH3 is 1.